The first-order chi connectivity index (χ1) is 8.19. The molecular formula is C13H16Cl2N2. The molecule has 1 atom stereocenters. The van der Waals surface area contributed by atoms with Gasteiger partial charge in [0.05, 0.1) is 6.07 Å². The molecule has 0 saturated heterocycles. The molecule has 0 aliphatic rings. The lowest BCUT2D eigenvalue weighted by molar-refractivity contribution is 0.581. The zero-order valence-corrected chi connectivity index (χ0v) is 11.4. The molecule has 1 unspecified atom stereocenters. The minimum absolute atomic E-state index is 0.364. The molecule has 1 rings (SSSR count). The maximum atomic E-state index is 9.13. The van der Waals surface area contributed by atoms with Gasteiger partial charge in [0.2, 0.25) is 0 Å². The van der Waals surface area contributed by atoms with E-state index >= 15 is 0 Å². The van der Waals surface area contributed by atoms with E-state index in [1.54, 1.807) is 18.2 Å². The van der Waals surface area contributed by atoms with E-state index in [9.17, 15) is 0 Å². The molecule has 0 aliphatic heterocycles. The van der Waals surface area contributed by atoms with Crippen LogP contribution in [0.4, 0.5) is 0 Å². The Morgan fingerprint density at radius 3 is 2.71 bits per heavy atom. The van der Waals surface area contributed by atoms with Crippen molar-refractivity contribution < 1.29 is 0 Å². The van der Waals surface area contributed by atoms with Crippen LogP contribution in [0, 0.1) is 11.3 Å². The second kappa shape index (κ2) is 7.55. The van der Waals surface area contributed by atoms with Crippen LogP contribution in [0.5, 0.6) is 0 Å². The van der Waals surface area contributed by atoms with Crippen molar-refractivity contribution in [2.24, 2.45) is 0 Å². The molecule has 92 valence electrons. The van der Waals surface area contributed by atoms with Crippen LogP contribution < -0.4 is 5.32 Å². The molecule has 0 heterocycles. The van der Waals surface area contributed by atoms with Crippen LogP contribution in [0.1, 0.15) is 37.8 Å². The van der Waals surface area contributed by atoms with Gasteiger partial charge >= 0.3 is 0 Å². The molecular weight excluding hydrogens is 255 g/mol. The Hall–Kier alpha value is -0.750. The Morgan fingerprint density at radius 1 is 1.35 bits per heavy atom. The third-order valence-corrected chi connectivity index (χ3v) is 3.09. The fourth-order valence-electron chi connectivity index (χ4n) is 1.58. The first-order valence-corrected chi connectivity index (χ1v) is 6.52. The highest BCUT2D eigenvalue weighted by Gasteiger charge is 2.13. The van der Waals surface area contributed by atoms with Crippen molar-refractivity contribution in [1.82, 2.24) is 5.32 Å². The number of unbranched alkanes of at least 4 members (excludes halogenated alkanes) is 2. The molecule has 17 heavy (non-hydrogen) atoms. The lowest BCUT2D eigenvalue weighted by Crippen LogP contribution is -2.21. The first-order valence-electron chi connectivity index (χ1n) is 5.77. The Balaban J connectivity index is 2.64. The molecule has 4 heteroatoms. The summed E-state index contributed by atoms with van der Waals surface area (Å²) >= 11 is 11.9. The fourth-order valence-corrected chi connectivity index (χ4v) is 2.10. The summed E-state index contributed by atoms with van der Waals surface area (Å²) in [6.07, 6.45) is 3.40. The van der Waals surface area contributed by atoms with Gasteiger partial charge in [-0.15, -0.1) is 0 Å². The summed E-state index contributed by atoms with van der Waals surface area (Å²) in [4.78, 5) is 0. The van der Waals surface area contributed by atoms with Crippen LogP contribution in [0.15, 0.2) is 18.2 Å². The van der Waals surface area contributed by atoms with Crippen molar-refractivity contribution in [3.8, 4) is 6.07 Å². The number of halogens is 2. The molecule has 2 nitrogen and oxygen atoms in total. The van der Waals surface area contributed by atoms with Crippen LogP contribution in [-0.2, 0) is 0 Å². The summed E-state index contributed by atoms with van der Waals surface area (Å²) in [5, 5.41) is 13.4. The summed E-state index contributed by atoms with van der Waals surface area (Å²) < 4.78 is 0. The maximum Gasteiger partial charge on any atom is 0.122 e. The average Bonchev–Trinajstić information content (AvgIpc) is 2.31. The maximum absolute atomic E-state index is 9.13. The highest BCUT2D eigenvalue weighted by molar-refractivity contribution is 6.35. The van der Waals surface area contributed by atoms with Crippen molar-refractivity contribution >= 4 is 23.2 Å². The topological polar surface area (TPSA) is 35.8 Å². The van der Waals surface area contributed by atoms with Gasteiger partial charge < -0.3 is 0 Å². The molecule has 0 saturated carbocycles. The molecule has 0 fully saturated rings. The van der Waals surface area contributed by atoms with E-state index in [-0.39, 0.29) is 6.04 Å². The van der Waals surface area contributed by atoms with Gasteiger partial charge in [-0.3, -0.25) is 5.32 Å². The molecule has 0 aliphatic carbocycles. The van der Waals surface area contributed by atoms with Crippen molar-refractivity contribution in [1.29, 1.82) is 5.26 Å². The molecule has 1 aromatic carbocycles. The molecule has 0 amide bonds. The zero-order valence-electron chi connectivity index (χ0n) is 9.84. The molecule has 1 N–H and O–H groups in total. The second-order valence-corrected chi connectivity index (χ2v) is 4.73. The van der Waals surface area contributed by atoms with Gasteiger partial charge in [-0.05, 0) is 25.1 Å². The van der Waals surface area contributed by atoms with Gasteiger partial charge in [-0.1, -0.05) is 49.0 Å². The van der Waals surface area contributed by atoms with Crippen molar-refractivity contribution in [2.75, 3.05) is 6.54 Å². The van der Waals surface area contributed by atoms with Gasteiger partial charge in [0, 0.05) is 15.6 Å². The smallest absolute Gasteiger partial charge is 0.122 e. The van der Waals surface area contributed by atoms with Crippen LogP contribution in [0.2, 0.25) is 10.0 Å². The summed E-state index contributed by atoms with van der Waals surface area (Å²) in [6, 6.07) is 7.06. The van der Waals surface area contributed by atoms with E-state index in [2.05, 4.69) is 18.3 Å². The number of nitriles is 1. The summed E-state index contributed by atoms with van der Waals surface area (Å²) in [5.74, 6) is 0. The van der Waals surface area contributed by atoms with E-state index in [4.69, 9.17) is 28.5 Å². The lowest BCUT2D eigenvalue weighted by Gasteiger charge is -2.13. The van der Waals surface area contributed by atoms with Crippen LogP contribution >= 0.6 is 23.2 Å². The third-order valence-electron chi connectivity index (χ3n) is 2.53. The predicted octanol–water partition coefficient (Wildman–Crippen LogP) is 4.34. The van der Waals surface area contributed by atoms with E-state index in [0.717, 1.165) is 18.5 Å². The quantitative estimate of drug-likeness (QED) is 0.781. The third kappa shape index (κ3) is 4.55. The standard InChI is InChI=1S/C13H16Cl2N2/c1-2-3-4-7-17-13(9-16)11-6-5-10(14)8-12(11)15/h5-6,8,13,17H,2-4,7H2,1H3. The number of hydrogen-bond acceptors (Lipinski definition) is 2. The monoisotopic (exact) mass is 270 g/mol. The summed E-state index contributed by atoms with van der Waals surface area (Å²) in [7, 11) is 0. The molecule has 0 aromatic heterocycles. The van der Waals surface area contributed by atoms with Gasteiger partial charge in [-0.25, -0.2) is 0 Å². The molecule has 0 radical (unpaired) electrons. The number of benzene rings is 1. The van der Waals surface area contributed by atoms with E-state index in [1.165, 1.54) is 12.8 Å². The van der Waals surface area contributed by atoms with Crippen molar-refractivity contribution in [3.05, 3.63) is 33.8 Å². The fraction of sp³-hybridized carbons (Fsp3) is 0.462. The second-order valence-electron chi connectivity index (χ2n) is 3.89. The van der Waals surface area contributed by atoms with Crippen LogP contribution in [-0.4, -0.2) is 6.54 Å². The number of nitrogens with zero attached hydrogens (tertiary/aromatic N) is 1. The Bertz CT molecular complexity index is 399. The molecule has 0 spiro atoms. The van der Waals surface area contributed by atoms with Gasteiger partial charge in [0.25, 0.3) is 0 Å². The lowest BCUT2D eigenvalue weighted by atomic mass is 10.1. The molecule has 0 bridgehead atoms. The number of rotatable bonds is 6. The largest absolute Gasteiger partial charge is 0.298 e. The van der Waals surface area contributed by atoms with E-state index < -0.39 is 0 Å². The highest BCUT2D eigenvalue weighted by atomic mass is 35.5. The number of nitrogens with one attached hydrogen (secondary N) is 1. The van der Waals surface area contributed by atoms with E-state index in [0.29, 0.717) is 10.0 Å². The van der Waals surface area contributed by atoms with Crippen LogP contribution in [0.25, 0.3) is 0 Å². The van der Waals surface area contributed by atoms with Gasteiger partial charge in [0.1, 0.15) is 6.04 Å². The minimum Gasteiger partial charge on any atom is -0.298 e. The Morgan fingerprint density at radius 2 is 2.12 bits per heavy atom. The first kappa shape index (κ1) is 14.3. The zero-order chi connectivity index (χ0) is 12.7. The predicted molar refractivity (Wildman–Crippen MR) is 72.3 cm³/mol. The Labute approximate surface area is 113 Å². The van der Waals surface area contributed by atoms with Crippen LogP contribution in [0.3, 0.4) is 0 Å². The SMILES string of the molecule is CCCCCNC(C#N)c1ccc(Cl)cc1Cl. The average molecular weight is 271 g/mol. The normalized spacial score (nSPS) is 12.1. The van der Waals surface area contributed by atoms with Crippen molar-refractivity contribution in [3.63, 3.8) is 0 Å². The summed E-state index contributed by atoms with van der Waals surface area (Å²) in [6.45, 7) is 2.98. The van der Waals surface area contributed by atoms with Gasteiger partial charge in [0.15, 0.2) is 0 Å². The van der Waals surface area contributed by atoms with Crippen molar-refractivity contribution in [2.45, 2.75) is 32.2 Å². The Kier molecular flexibility index (Phi) is 6.36. The number of hydrogen-bond donors (Lipinski definition) is 1. The van der Waals surface area contributed by atoms with E-state index in [1.807, 2.05) is 0 Å². The summed E-state index contributed by atoms with van der Waals surface area (Å²) in [5.41, 5.74) is 0.787. The highest BCUT2D eigenvalue weighted by Crippen LogP contribution is 2.25. The molecule has 1 aromatic rings. The van der Waals surface area contributed by atoms with Gasteiger partial charge in [-0.2, -0.15) is 5.26 Å². The minimum atomic E-state index is -0.364.